The number of carbonyl (C=O) groups is 1. The first kappa shape index (κ1) is 14.7. The summed E-state index contributed by atoms with van der Waals surface area (Å²) in [6, 6.07) is 7.66. The molecule has 0 aliphatic carbocycles. The molecule has 2 atom stereocenters. The van der Waals surface area contributed by atoms with E-state index in [1.54, 1.807) is 6.92 Å². The highest BCUT2D eigenvalue weighted by Crippen LogP contribution is 2.22. The van der Waals surface area contributed by atoms with Crippen LogP contribution in [0.4, 0.5) is 0 Å². The van der Waals surface area contributed by atoms with Crippen LogP contribution in [0, 0.1) is 12.8 Å². The highest BCUT2D eigenvalue weighted by Gasteiger charge is 2.34. The van der Waals surface area contributed by atoms with Crippen molar-refractivity contribution < 1.29 is 9.90 Å². The number of hydrogen-bond acceptors (Lipinski definition) is 2. The van der Waals surface area contributed by atoms with Crippen molar-refractivity contribution in [3.63, 3.8) is 0 Å². The molecule has 1 aromatic carbocycles. The van der Waals surface area contributed by atoms with E-state index in [1.807, 2.05) is 31.2 Å². The summed E-state index contributed by atoms with van der Waals surface area (Å²) in [6.45, 7) is 8.64. The van der Waals surface area contributed by atoms with E-state index in [1.165, 1.54) is 0 Å². The van der Waals surface area contributed by atoms with Gasteiger partial charge >= 0.3 is 5.97 Å². The van der Waals surface area contributed by atoms with Gasteiger partial charge in [-0.25, -0.2) is 4.79 Å². The normalized spacial score (nSPS) is 16.0. The van der Waals surface area contributed by atoms with Gasteiger partial charge in [-0.3, -0.25) is 5.32 Å². The van der Waals surface area contributed by atoms with Crippen molar-refractivity contribution in [2.75, 3.05) is 6.54 Å². The Labute approximate surface area is 109 Å². The molecule has 1 aromatic rings. The standard InChI is InChI=1S/C15H23NO2/c1-5-11(2)10-16-15(4,14(17)18)13-8-6-12(3)7-9-13/h6-9,11,16H,5,10H2,1-4H3,(H,17,18). The van der Waals surface area contributed by atoms with Crippen LogP contribution < -0.4 is 5.32 Å². The van der Waals surface area contributed by atoms with Gasteiger partial charge in [0.15, 0.2) is 0 Å². The van der Waals surface area contributed by atoms with Gasteiger partial charge in [-0.05, 0) is 31.9 Å². The molecule has 2 unspecified atom stereocenters. The zero-order valence-electron chi connectivity index (χ0n) is 11.7. The molecular formula is C15H23NO2. The van der Waals surface area contributed by atoms with Crippen LogP contribution in [0.15, 0.2) is 24.3 Å². The maximum atomic E-state index is 11.5. The van der Waals surface area contributed by atoms with E-state index in [0.29, 0.717) is 12.5 Å². The van der Waals surface area contributed by atoms with Gasteiger partial charge in [0.2, 0.25) is 0 Å². The number of nitrogens with one attached hydrogen (secondary N) is 1. The maximum absolute atomic E-state index is 11.5. The smallest absolute Gasteiger partial charge is 0.328 e. The summed E-state index contributed by atoms with van der Waals surface area (Å²) in [5.41, 5.74) is 0.911. The fourth-order valence-corrected chi connectivity index (χ4v) is 1.71. The third kappa shape index (κ3) is 3.33. The monoisotopic (exact) mass is 249 g/mol. The van der Waals surface area contributed by atoms with Crippen LogP contribution in [0.5, 0.6) is 0 Å². The van der Waals surface area contributed by atoms with Crippen molar-refractivity contribution >= 4 is 5.97 Å². The highest BCUT2D eigenvalue weighted by atomic mass is 16.4. The zero-order chi connectivity index (χ0) is 13.8. The second kappa shape index (κ2) is 6.01. The summed E-state index contributed by atoms with van der Waals surface area (Å²) >= 11 is 0. The maximum Gasteiger partial charge on any atom is 0.328 e. The van der Waals surface area contributed by atoms with Gasteiger partial charge in [0.1, 0.15) is 5.54 Å². The largest absolute Gasteiger partial charge is 0.480 e. The minimum atomic E-state index is -1.02. The van der Waals surface area contributed by atoms with Crippen LogP contribution in [0.2, 0.25) is 0 Å². The second-order valence-corrected chi connectivity index (χ2v) is 5.19. The lowest BCUT2D eigenvalue weighted by Crippen LogP contribution is -2.48. The summed E-state index contributed by atoms with van der Waals surface area (Å²) in [7, 11) is 0. The van der Waals surface area contributed by atoms with Crippen LogP contribution in [-0.4, -0.2) is 17.6 Å². The van der Waals surface area contributed by atoms with E-state index >= 15 is 0 Å². The lowest BCUT2D eigenvalue weighted by Gasteiger charge is -2.28. The molecule has 0 bridgehead atoms. The molecule has 0 spiro atoms. The van der Waals surface area contributed by atoms with Crippen molar-refractivity contribution in [3.05, 3.63) is 35.4 Å². The number of aryl methyl sites for hydroxylation is 1. The number of benzene rings is 1. The molecular weight excluding hydrogens is 226 g/mol. The van der Waals surface area contributed by atoms with Crippen molar-refractivity contribution in [1.29, 1.82) is 0 Å². The Kier molecular flexibility index (Phi) is 4.91. The number of rotatable bonds is 6. The Bertz CT molecular complexity index is 399. The lowest BCUT2D eigenvalue weighted by molar-refractivity contribution is -0.144. The molecule has 100 valence electrons. The topological polar surface area (TPSA) is 49.3 Å². The Hall–Kier alpha value is -1.35. The summed E-state index contributed by atoms with van der Waals surface area (Å²) in [5.74, 6) is -0.372. The minimum Gasteiger partial charge on any atom is -0.480 e. The molecule has 0 heterocycles. The molecule has 0 fully saturated rings. The summed E-state index contributed by atoms with van der Waals surface area (Å²) in [5, 5.41) is 12.7. The first-order valence-corrected chi connectivity index (χ1v) is 6.45. The van der Waals surface area contributed by atoms with E-state index in [2.05, 4.69) is 19.2 Å². The van der Waals surface area contributed by atoms with Crippen LogP contribution >= 0.6 is 0 Å². The molecule has 2 N–H and O–H groups in total. The Morgan fingerprint density at radius 2 is 1.94 bits per heavy atom. The summed E-state index contributed by atoms with van der Waals surface area (Å²) in [6.07, 6.45) is 1.04. The van der Waals surface area contributed by atoms with Crippen molar-refractivity contribution in [2.24, 2.45) is 5.92 Å². The van der Waals surface area contributed by atoms with Crippen molar-refractivity contribution in [2.45, 2.75) is 39.7 Å². The van der Waals surface area contributed by atoms with Crippen LogP contribution in [0.25, 0.3) is 0 Å². The molecule has 1 rings (SSSR count). The van der Waals surface area contributed by atoms with Crippen molar-refractivity contribution in [1.82, 2.24) is 5.32 Å². The van der Waals surface area contributed by atoms with Gasteiger partial charge in [-0.1, -0.05) is 50.1 Å². The molecule has 0 saturated heterocycles. The first-order valence-electron chi connectivity index (χ1n) is 6.45. The fourth-order valence-electron chi connectivity index (χ4n) is 1.71. The average Bonchev–Trinajstić information content (AvgIpc) is 2.36. The third-order valence-corrected chi connectivity index (χ3v) is 3.56. The van der Waals surface area contributed by atoms with Crippen LogP contribution in [0.1, 0.15) is 38.3 Å². The zero-order valence-corrected chi connectivity index (χ0v) is 11.7. The van der Waals surface area contributed by atoms with Gasteiger partial charge in [0, 0.05) is 0 Å². The molecule has 0 radical (unpaired) electrons. The predicted molar refractivity (Wildman–Crippen MR) is 73.6 cm³/mol. The number of hydrogen-bond donors (Lipinski definition) is 2. The van der Waals surface area contributed by atoms with Gasteiger partial charge in [0.05, 0.1) is 0 Å². The SMILES string of the molecule is CCC(C)CNC(C)(C(=O)O)c1ccc(C)cc1. The molecule has 0 amide bonds. The van der Waals surface area contributed by atoms with Crippen molar-refractivity contribution in [3.8, 4) is 0 Å². The Morgan fingerprint density at radius 1 is 1.39 bits per heavy atom. The number of aliphatic carboxylic acids is 1. The van der Waals surface area contributed by atoms with Crippen LogP contribution in [-0.2, 0) is 10.3 Å². The van der Waals surface area contributed by atoms with E-state index in [9.17, 15) is 9.90 Å². The fraction of sp³-hybridized carbons (Fsp3) is 0.533. The van der Waals surface area contributed by atoms with Crippen LogP contribution in [0.3, 0.4) is 0 Å². The van der Waals surface area contributed by atoms with Gasteiger partial charge in [-0.2, -0.15) is 0 Å². The number of carboxylic acid groups (broad SMARTS) is 1. The summed E-state index contributed by atoms with van der Waals surface area (Å²) in [4.78, 5) is 11.5. The number of carboxylic acids is 1. The third-order valence-electron chi connectivity index (χ3n) is 3.56. The van der Waals surface area contributed by atoms with E-state index in [0.717, 1.165) is 17.5 Å². The van der Waals surface area contributed by atoms with Gasteiger partial charge < -0.3 is 5.11 Å². The molecule has 0 aliphatic rings. The Morgan fingerprint density at radius 3 is 2.39 bits per heavy atom. The first-order chi connectivity index (χ1) is 8.40. The molecule has 0 saturated carbocycles. The highest BCUT2D eigenvalue weighted by molar-refractivity contribution is 5.80. The molecule has 3 heteroatoms. The Balaban J connectivity index is 2.93. The molecule has 18 heavy (non-hydrogen) atoms. The quantitative estimate of drug-likeness (QED) is 0.815. The van der Waals surface area contributed by atoms with Gasteiger partial charge in [-0.15, -0.1) is 0 Å². The van der Waals surface area contributed by atoms with E-state index in [-0.39, 0.29) is 0 Å². The van der Waals surface area contributed by atoms with E-state index < -0.39 is 11.5 Å². The minimum absolute atomic E-state index is 0.467. The molecule has 0 aromatic heterocycles. The molecule has 0 aliphatic heterocycles. The lowest BCUT2D eigenvalue weighted by atomic mass is 9.90. The average molecular weight is 249 g/mol. The summed E-state index contributed by atoms with van der Waals surface area (Å²) < 4.78 is 0. The van der Waals surface area contributed by atoms with Gasteiger partial charge in [0.25, 0.3) is 0 Å². The second-order valence-electron chi connectivity index (χ2n) is 5.19. The predicted octanol–water partition coefficient (Wildman–Crippen LogP) is 2.93. The molecule has 3 nitrogen and oxygen atoms in total. The van der Waals surface area contributed by atoms with E-state index in [4.69, 9.17) is 0 Å².